The van der Waals surface area contributed by atoms with Gasteiger partial charge in [0.05, 0.1) is 31.4 Å². The number of methoxy groups -OCH3 is 2. The van der Waals surface area contributed by atoms with Crippen LogP contribution >= 0.6 is 0 Å². The molecule has 0 saturated carbocycles. The summed E-state index contributed by atoms with van der Waals surface area (Å²) in [5, 5.41) is 11.2. The summed E-state index contributed by atoms with van der Waals surface area (Å²) in [5.74, 6) is -1.87. The molecule has 35 heavy (non-hydrogen) atoms. The Kier molecular flexibility index (Phi) is 6.68. The van der Waals surface area contributed by atoms with Crippen molar-refractivity contribution in [1.82, 2.24) is 0 Å². The highest BCUT2D eigenvalue weighted by atomic mass is 16.5. The molecule has 1 atom stereocenters. The lowest BCUT2D eigenvalue weighted by Gasteiger charge is -2.25. The Morgan fingerprint density at radius 1 is 0.943 bits per heavy atom. The Bertz CT molecular complexity index is 1310. The number of aliphatic hydroxyl groups excluding tert-OH is 1. The van der Waals surface area contributed by atoms with Crippen molar-refractivity contribution in [3.8, 4) is 5.75 Å². The molecule has 1 saturated heterocycles. The van der Waals surface area contributed by atoms with Crippen LogP contribution in [-0.4, -0.2) is 37.0 Å². The van der Waals surface area contributed by atoms with Gasteiger partial charge in [0.1, 0.15) is 11.5 Å². The van der Waals surface area contributed by atoms with Crippen LogP contribution in [0.2, 0.25) is 0 Å². The summed E-state index contributed by atoms with van der Waals surface area (Å²) in [6, 6.07) is 19.6. The minimum Gasteiger partial charge on any atom is -0.507 e. The Balaban J connectivity index is 1.89. The van der Waals surface area contributed by atoms with Crippen molar-refractivity contribution in [2.24, 2.45) is 0 Å². The van der Waals surface area contributed by atoms with Crippen molar-refractivity contribution in [3.63, 3.8) is 0 Å². The van der Waals surface area contributed by atoms with Gasteiger partial charge in [0.25, 0.3) is 11.7 Å². The quantitative estimate of drug-likeness (QED) is 0.243. The maximum absolute atomic E-state index is 13.3. The second-order valence-electron chi connectivity index (χ2n) is 8.03. The third-order valence-corrected chi connectivity index (χ3v) is 6.06. The summed E-state index contributed by atoms with van der Waals surface area (Å²) in [5.41, 5.74) is 2.83. The van der Waals surface area contributed by atoms with Gasteiger partial charge in [-0.15, -0.1) is 0 Å². The first-order valence-electron chi connectivity index (χ1n) is 11.1. The van der Waals surface area contributed by atoms with Crippen LogP contribution in [0.3, 0.4) is 0 Å². The summed E-state index contributed by atoms with van der Waals surface area (Å²) in [4.78, 5) is 39.7. The fraction of sp³-hybridized carbons (Fsp3) is 0.179. The van der Waals surface area contributed by atoms with Gasteiger partial charge in [-0.2, -0.15) is 0 Å². The average Bonchev–Trinajstić information content (AvgIpc) is 3.17. The predicted molar refractivity (Wildman–Crippen MR) is 131 cm³/mol. The van der Waals surface area contributed by atoms with Gasteiger partial charge >= 0.3 is 5.97 Å². The molecular weight excluding hydrogens is 446 g/mol. The van der Waals surface area contributed by atoms with Crippen molar-refractivity contribution >= 4 is 29.1 Å². The van der Waals surface area contributed by atoms with Crippen molar-refractivity contribution in [3.05, 3.63) is 101 Å². The number of hydrogen-bond donors (Lipinski definition) is 1. The molecule has 4 rings (SSSR count). The molecule has 0 aliphatic carbocycles. The number of hydrogen-bond acceptors (Lipinski definition) is 6. The van der Waals surface area contributed by atoms with Crippen molar-refractivity contribution in [1.29, 1.82) is 0 Å². The summed E-state index contributed by atoms with van der Waals surface area (Å²) in [6.45, 7) is 2.03. The SMILES string of the molecule is CCc1ccc(C2/C(=C(\O)c3cccc(OC)c3)C(=O)C(=O)N2c2ccc(C(=O)OC)cc2)cc1. The van der Waals surface area contributed by atoms with Gasteiger partial charge in [0.2, 0.25) is 0 Å². The minimum absolute atomic E-state index is 0.0236. The summed E-state index contributed by atoms with van der Waals surface area (Å²) < 4.78 is 9.99. The van der Waals surface area contributed by atoms with Crippen LogP contribution in [0.15, 0.2) is 78.4 Å². The fourth-order valence-electron chi connectivity index (χ4n) is 4.15. The van der Waals surface area contributed by atoms with Crippen LogP contribution in [0.5, 0.6) is 5.75 Å². The van der Waals surface area contributed by atoms with Crippen LogP contribution in [0.4, 0.5) is 5.69 Å². The summed E-state index contributed by atoms with van der Waals surface area (Å²) in [7, 11) is 2.79. The average molecular weight is 472 g/mol. The number of aliphatic hydroxyl groups is 1. The third-order valence-electron chi connectivity index (χ3n) is 6.06. The molecule has 0 radical (unpaired) electrons. The van der Waals surface area contributed by atoms with E-state index < -0.39 is 23.7 Å². The maximum atomic E-state index is 13.3. The lowest BCUT2D eigenvalue weighted by Crippen LogP contribution is -2.29. The van der Waals surface area contributed by atoms with E-state index in [9.17, 15) is 19.5 Å². The van der Waals surface area contributed by atoms with Gasteiger partial charge in [-0.1, -0.05) is 43.3 Å². The van der Waals surface area contributed by atoms with E-state index in [1.807, 2.05) is 31.2 Å². The minimum atomic E-state index is -0.865. The molecule has 1 N–H and O–H groups in total. The summed E-state index contributed by atoms with van der Waals surface area (Å²) in [6.07, 6.45) is 0.833. The van der Waals surface area contributed by atoms with Crippen LogP contribution < -0.4 is 9.64 Å². The van der Waals surface area contributed by atoms with Gasteiger partial charge in [-0.05, 0) is 53.9 Å². The topological polar surface area (TPSA) is 93.1 Å². The first-order valence-corrected chi connectivity index (χ1v) is 11.1. The molecule has 0 spiro atoms. The molecule has 1 aliphatic rings. The van der Waals surface area contributed by atoms with Gasteiger partial charge < -0.3 is 14.6 Å². The fourth-order valence-corrected chi connectivity index (χ4v) is 4.15. The molecule has 7 nitrogen and oxygen atoms in total. The second kappa shape index (κ2) is 9.85. The Morgan fingerprint density at radius 3 is 2.23 bits per heavy atom. The van der Waals surface area contributed by atoms with E-state index in [1.54, 1.807) is 36.4 Å². The largest absolute Gasteiger partial charge is 0.507 e. The number of amides is 1. The van der Waals surface area contributed by atoms with Gasteiger partial charge in [0, 0.05) is 11.3 Å². The van der Waals surface area contributed by atoms with E-state index in [4.69, 9.17) is 9.47 Å². The van der Waals surface area contributed by atoms with E-state index in [0.717, 1.165) is 12.0 Å². The molecule has 1 aliphatic heterocycles. The highest BCUT2D eigenvalue weighted by molar-refractivity contribution is 6.51. The standard InChI is InChI=1S/C28H25NO6/c1-4-17-8-10-18(11-9-17)24-23(25(30)20-6-5-7-22(16-20)34-2)26(31)27(32)29(24)21-14-12-19(13-15-21)28(33)35-3/h5-16,24,30H,4H2,1-3H3/b25-23+. The summed E-state index contributed by atoms with van der Waals surface area (Å²) >= 11 is 0. The van der Waals surface area contributed by atoms with E-state index in [1.165, 1.54) is 31.3 Å². The van der Waals surface area contributed by atoms with Gasteiger partial charge in [-0.3, -0.25) is 14.5 Å². The van der Waals surface area contributed by atoms with Crippen molar-refractivity contribution in [2.45, 2.75) is 19.4 Å². The lowest BCUT2D eigenvalue weighted by molar-refractivity contribution is -0.132. The molecule has 1 unspecified atom stereocenters. The number of carbonyl (C=O) groups excluding carboxylic acids is 3. The van der Waals surface area contributed by atoms with Crippen LogP contribution in [0.1, 0.15) is 40.0 Å². The molecule has 0 bridgehead atoms. The molecule has 1 amide bonds. The normalized spacial score (nSPS) is 16.9. The number of rotatable bonds is 6. The van der Waals surface area contributed by atoms with E-state index in [-0.39, 0.29) is 11.3 Å². The van der Waals surface area contributed by atoms with E-state index in [0.29, 0.717) is 28.1 Å². The van der Waals surface area contributed by atoms with Gasteiger partial charge in [-0.25, -0.2) is 4.79 Å². The number of esters is 1. The monoisotopic (exact) mass is 471 g/mol. The lowest BCUT2D eigenvalue weighted by atomic mass is 9.94. The maximum Gasteiger partial charge on any atom is 0.337 e. The number of anilines is 1. The smallest absolute Gasteiger partial charge is 0.337 e. The number of nitrogens with zero attached hydrogens (tertiary/aromatic N) is 1. The number of aryl methyl sites for hydroxylation is 1. The highest BCUT2D eigenvalue weighted by Gasteiger charge is 2.47. The molecule has 1 heterocycles. The second-order valence-corrected chi connectivity index (χ2v) is 8.03. The van der Waals surface area contributed by atoms with Crippen LogP contribution in [-0.2, 0) is 20.7 Å². The molecule has 0 aromatic heterocycles. The third kappa shape index (κ3) is 4.40. The zero-order valence-electron chi connectivity index (χ0n) is 19.6. The number of ether oxygens (including phenoxy) is 2. The Labute approximate surface area is 203 Å². The first-order chi connectivity index (χ1) is 16.9. The van der Waals surface area contributed by atoms with E-state index >= 15 is 0 Å². The van der Waals surface area contributed by atoms with Crippen molar-refractivity contribution in [2.75, 3.05) is 19.1 Å². The number of ketones is 1. The van der Waals surface area contributed by atoms with E-state index in [2.05, 4.69) is 0 Å². The molecule has 1 fully saturated rings. The van der Waals surface area contributed by atoms with Gasteiger partial charge in [0.15, 0.2) is 0 Å². The predicted octanol–water partition coefficient (Wildman–Crippen LogP) is 4.67. The Hall–Kier alpha value is -4.39. The number of Topliss-reactive ketones (excluding diaryl/α,β-unsaturated/α-hetero) is 1. The van der Waals surface area contributed by atoms with Crippen LogP contribution in [0.25, 0.3) is 5.76 Å². The first kappa shape index (κ1) is 23.8. The molecule has 7 heteroatoms. The molecule has 3 aromatic carbocycles. The number of carbonyl (C=O) groups is 3. The zero-order chi connectivity index (χ0) is 25.1. The molecule has 178 valence electrons. The highest BCUT2D eigenvalue weighted by Crippen LogP contribution is 2.42. The van der Waals surface area contributed by atoms with Crippen molar-refractivity contribution < 1.29 is 29.0 Å². The Morgan fingerprint density at radius 2 is 1.63 bits per heavy atom. The molecular formula is C28H25NO6. The van der Waals surface area contributed by atoms with Crippen LogP contribution in [0, 0.1) is 0 Å². The zero-order valence-corrected chi connectivity index (χ0v) is 19.6. The number of benzene rings is 3. The molecule has 3 aromatic rings.